The van der Waals surface area contributed by atoms with E-state index in [1.165, 1.54) is 5.56 Å². The Hall–Kier alpha value is -2.71. The second kappa shape index (κ2) is 8.97. The molecule has 0 aliphatic carbocycles. The fourth-order valence-electron chi connectivity index (χ4n) is 4.09. The number of hydrogen-bond acceptors (Lipinski definition) is 5. The van der Waals surface area contributed by atoms with Crippen LogP contribution < -0.4 is 15.5 Å². The molecule has 8 heteroatoms. The van der Waals surface area contributed by atoms with E-state index >= 15 is 0 Å². The van der Waals surface area contributed by atoms with Crippen molar-refractivity contribution in [2.24, 2.45) is 0 Å². The molecule has 7 nitrogen and oxygen atoms in total. The molecule has 3 heterocycles. The van der Waals surface area contributed by atoms with Crippen molar-refractivity contribution in [2.75, 3.05) is 36.5 Å². The Morgan fingerprint density at radius 1 is 1.17 bits per heavy atom. The lowest BCUT2D eigenvalue weighted by Crippen LogP contribution is -2.47. The van der Waals surface area contributed by atoms with Gasteiger partial charge in [-0.25, -0.2) is 0 Å². The number of amides is 3. The summed E-state index contributed by atoms with van der Waals surface area (Å²) in [5.74, 6) is -1.31. The van der Waals surface area contributed by atoms with Crippen LogP contribution in [0.25, 0.3) is 0 Å². The predicted molar refractivity (Wildman–Crippen MR) is 116 cm³/mol. The molecule has 2 fully saturated rings. The van der Waals surface area contributed by atoms with E-state index in [0.717, 1.165) is 24.9 Å². The Bertz CT molecular complexity index is 922. The summed E-state index contributed by atoms with van der Waals surface area (Å²) in [6.45, 7) is 2.34. The highest BCUT2D eigenvalue weighted by Gasteiger charge is 2.35. The Kier molecular flexibility index (Phi) is 6.15. The molecule has 0 atom stereocenters. The van der Waals surface area contributed by atoms with Gasteiger partial charge >= 0.3 is 11.8 Å². The molecule has 0 unspecified atom stereocenters. The molecule has 0 spiro atoms. The molecule has 158 valence electrons. The number of thiophene rings is 1. The number of nitrogens with one attached hydrogen (secondary N) is 2. The van der Waals surface area contributed by atoms with Crippen LogP contribution >= 0.6 is 11.3 Å². The normalized spacial score (nSPS) is 18.3. The molecule has 0 radical (unpaired) electrons. The van der Waals surface area contributed by atoms with Gasteiger partial charge in [0.15, 0.2) is 0 Å². The Morgan fingerprint density at radius 2 is 2.00 bits per heavy atom. The van der Waals surface area contributed by atoms with Gasteiger partial charge in [-0.3, -0.25) is 14.4 Å². The van der Waals surface area contributed by atoms with Gasteiger partial charge in [0, 0.05) is 49.5 Å². The zero-order valence-electron chi connectivity index (χ0n) is 16.7. The number of carbonyl (C=O) groups is 3. The first kappa shape index (κ1) is 20.6. The maximum absolute atomic E-state index is 12.5. The van der Waals surface area contributed by atoms with Gasteiger partial charge in [0.1, 0.15) is 0 Å². The van der Waals surface area contributed by atoms with Crippen molar-refractivity contribution in [3.63, 3.8) is 0 Å². The summed E-state index contributed by atoms with van der Waals surface area (Å²) in [5, 5.41) is 9.58. The molecule has 0 bridgehead atoms. The summed E-state index contributed by atoms with van der Waals surface area (Å²) in [7, 11) is 0. The minimum absolute atomic E-state index is 0.0754. The van der Waals surface area contributed by atoms with E-state index in [4.69, 9.17) is 4.74 Å². The Balaban J connectivity index is 1.38. The standard InChI is InChI=1S/C22H25N3O4S/c26-19-5-2-9-25(19)18-4-1-3-17(13-18)24-21(28)20(27)23-15-22(7-10-29-11-8-22)16-6-12-30-14-16/h1,3-4,6,12-14H,2,5,7-11,15H2,(H,23,27)(H,24,28). The highest BCUT2D eigenvalue weighted by atomic mass is 32.1. The number of nitrogens with zero attached hydrogens (tertiary/aromatic N) is 1. The molecule has 2 aliphatic rings. The number of benzene rings is 1. The average molecular weight is 428 g/mol. The van der Waals surface area contributed by atoms with E-state index in [2.05, 4.69) is 22.1 Å². The second-order valence-electron chi connectivity index (χ2n) is 7.74. The number of hydrogen-bond donors (Lipinski definition) is 2. The minimum atomic E-state index is -0.715. The quantitative estimate of drug-likeness (QED) is 0.718. The maximum Gasteiger partial charge on any atom is 0.313 e. The van der Waals surface area contributed by atoms with Gasteiger partial charge in [-0.05, 0) is 59.9 Å². The zero-order chi connectivity index (χ0) is 21.0. The van der Waals surface area contributed by atoms with Crippen molar-refractivity contribution in [2.45, 2.75) is 31.1 Å². The van der Waals surface area contributed by atoms with Crippen LogP contribution in [0.3, 0.4) is 0 Å². The van der Waals surface area contributed by atoms with Gasteiger partial charge in [-0.2, -0.15) is 11.3 Å². The van der Waals surface area contributed by atoms with Gasteiger partial charge in [-0.15, -0.1) is 0 Å². The number of anilines is 2. The van der Waals surface area contributed by atoms with Crippen molar-refractivity contribution >= 4 is 40.4 Å². The summed E-state index contributed by atoms with van der Waals surface area (Å²) in [6, 6.07) is 9.10. The molecular weight excluding hydrogens is 402 g/mol. The van der Waals surface area contributed by atoms with Crippen molar-refractivity contribution < 1.29 is 19.1 Å². The average Bonchev–Trinajstić information content (AvgIpc) is 3.45. The molecule has 2 saturated heterocycles. The summed E-state index contributed by atoms with van der Waals surface area (Å²) in [4.78, 5) is 38.6. The minimum Gasteiger partial charge on any atom is -0.381 e. The SMILES string of the molecule is O=C(NCC1(c2ccsc2)CCOCC1)C(=O)Nc1cccc(N2CCCC2=O)c1. The zero-order valence-corrected chi connectivity index (χ0v) is 17.5. The summed E-state index contributed by atoms with van der Waals surface area (Å²) in [5.41, 5.74) is 2.20. The van der Waals surface area contributed by atoms with Crippen molar-refractivity contribution in [3.05, 3.63) is 46.7 Å². The summed E-state index contributed by atoms with van der Waals surface area (Å²) < 4.78 is 5.50. The molecule has 2 aromatic rings. The number of ether oxygens (including phenoxy) is 1. The van der Waals surface area contributed by atoms with Crippen LogP contribution in [0.4, 0.5) is 11.4 Å². The molecule has 1 aromatic carbocycles. The topological polar surface area (TPSA) is 87.7 Å². The molecule has 1 aromatic heterocycles. The molecule has 2 aliphatic heterocycles. The predicted octanol–water partition coefficient (Wildman–Crippen LogP) is 2.68. The van der Waals surface area contributed by atoms with E-state index in [1.54, 1.807) is 34.4 Å². The van der Waals surface area contributed by atoms with Gasteiger partial charge in [0.25, 0.3) is 0 Å². The first-order valence-electron chi connectivity index (χ1n) is 10.2. The van der Waals surface area contributed by atoms with Crippen LogP contribution in [0.1, 0.15) is 31.2 Å². The summed E-state index contributed by atoms with van der Waals surface area (Å²) in [6.07, 6.45) is 2.97. The van der Waals surface area contributed by atoms with Crippen molar-refractivity contribution in [3.8, 4) is 0 Å². The van der Waals surface area contributed by atoms with Crippen LogP contribution in [0.15, 0.2) is 41.1 Å². The molecule has 2 N–H and O–H groups in total. The second-order valence-corrected chi connectivity index (χ2v) is 8.52. The lowest BCUT2D eigenvalue weighted by molar-refractivity contribution is -0.136. The summed E-state index contributed by atoms with van der Waals surface area (Å²) >= 11 is 1.63. The molecule has 4 rings (SSSR count). The van der Waals surface area contributed by atoms with Crippen LogP contribution in [-0.2, 0) is 24.5 Å². The third-order valence-electron chi connectivity index (χ3n) is 5.87. The van der Waals surface area contributed by atoms with Gasteiger partial charge in [0.05, 0.1) is 0 Å². The third kappa shape index (κ3) is 4.39. The van der Waals surface area contributed by atoms with Gasteiger partial charge < -0.3 is 20.3 Å². The van der Waals surface area contributed by atoms with Crippen LogP contribution in [0.5, 0.6) is 0 Å². The first-order valence-corrected chi connectivity index (χ1v) is 11.1. The van der Waals surface area contributed by atoms with Crippen molar-refractivity contribution in [1.29, 1.82) is 0 Å². The number of rotatable bonds is 5. The third-order valence-corrected chi connectivity index (χ3v) is 6.55. The van der Waals surface area contributed by atoms with E-state index in [-0.39, 0.29) is 11.3 Å². The van der Waals surface area contributed by atoms with Crippen LogP contribution in [0, 0.1) is 0 Å². The lowest BCUT2D eigenvalue weighted by Gasteiger charge is -2.37. The van der Waals surface area contributed by atoms with E-state index in [9.17, 15) is 14.4 Å². The molecule has 30 heavy (non-hydrogen) atoms. The first-order chi connectivity index (χ1) is 14.6. The van der Waals surface area contributed by atoms with E-state index in [1.807, 2.05) is 11.4 Å². The smallest absolute Gasteiger partial charge is 0.313 e. The number of carbonyl (C=O) groups excluding carboxylic acids is 3. The van der Waals surface area contributed by atoms with Crippen LogP contribution in [0.2, 0.25) is 0 Å². The van der Waals surface area contributed by atoms with Gasteiger partial charge in [0.2, 0.25) is 5.91 Å². The molecular formula is C22H25N3O4S. The van der Waals surface area contributed by atoms with Crippen LogP contribution in [-0.4, -0.2) is 44.0 Å². The lowest BCUT2D eigenvalue weighted by atomic mass is 9.75. The van der Waals surface area contributed by atoms with Crippen molar-refractivity contribution in [1.82, 2.24) is 5.32 Å². The van der Waals surface area contributed by atoms with E-state index in [0.29, 0.717) is 38.4 Å². The maximum atomic E-state index is 12.5. The molecule has 3 amide bonds. The Labute approximate surface area is 179 Å². The highest BCUT2D eigenvalue weighted by Crippen LogP contribution is 2.35. The molecule has 0 saturated carbocycles. The monoisotopic (exact) mass is 427 g/mol. The highest BCUT2D eigenvalue weighted by molar-refractivity contribution is 7.08. The fourth-order valence-corrected chi connectivity index (χ4v) is 4.87. The van der Waals surface area contributed by atoms with Gasteiger partial charge in [-0.1, -0.05) is 6.07 Å². The van der Waals surface area contributed by atoms with E-state index < -0.39 is 11.8 Å². The Morgan fingerprint density at radius 3 is 2.70 bits per heavy atom. The largest absolute Gasteiger partial charge is 0.381 e. The fraction of sp³-hybridized carbons (Fsp3) is 0.409.